The van der Waals surface area contributed by atoms with E-state index in [1.54, 1.807) is 11.8 Å². The Morgan fingerprint density at radius 2 is 1.89 bits per heavy atom. The van der Waals surface area contributed by atoms with Crippen molar-refractivity contribution in [1.29, 1.82) is 0 Å². The van der Waals surface area contributed by atoms with Crippen molar-refractivity contribution in [2.75, 3.05) is 19.0 Å². The standard InChI is InChI=1S/C6H14O2S/c1-6(2,5-8)9-4-3-7/h7-8H,3-5H2,1-2H3. The number of hydrogen-bond acceptors (Lipinski definition) is 3. The number of hydrogen-bond donors (Lipinski definition) is 2. The second kappa shape index (κ2) is 4.14. The quantitative estimate of drug-likeness (QED) is 0.612. The topological polar surface area (TPSA) is 40.5 Å². The molecule has 0 bridgehead atoms. The summed E-state index contributed by atoms with van der Waals surface area (Å²) in [6, 6.07) is 0. The van der Waals surface area contributed by atoms with E-state index in [0.717, 1.165) is 0 Å². The van der Waals surface area contributed by atoms with E-state index in [-0.39, 0.29) is 18.0 Å². The van der Waals surface area contributed by atoms with Gasteiger partial charge >= 0.3 is 0 Å². The molecule has 0 fully saturated rings. The molecular formula is C6H14O2S. The summed E-state index contributed by atoms with van der Waals surface area (Å²) in [5.74, 6) is 0.702. The van der Waals surface area contributed by atoms with Gasteiger partial charge in [-0.05, 0) is 13.8 Å². The first kappa shape index (κ1) is 9.27. The second-order valence-corrected chi connectivity index (χ2v) is 4.29. The highest BCUT2D eigenvalue weighted by molar-refractivity contribution is 8.00. The maximum atomic E-state index is 8.72. The summed E-state index contributed by atoms with van der Waals surface area (Å²) in [5.41, 5.74) is 0. The molecule has 0 aromatic rings. The fraction of sp³-hybridized carbons (Fsp3) is 1.00. The Balaban J connectivity index is 3.33. The van der Waals surface area contributed by atoms with Gasteiger partial charge in [-0.25, -0.2) is 0 Å². The van der Waals surface area contributed by atoms with Crippen LogP contribution in [0.4, 0.5) is 0 Å². The van der Waals surface area contributed by atoms with E-state index in [0.29, 0.717) is 5.75 Å². The van der Waals surface area contributed by atoms with Crippen LogP contribution in [0, 0.1) is 0 Å². The smallest absolute Gasteiger partial charge is 0.0572 e. The van der Waals surface area contributed by atoms with E-state index in [1.165, 1.54) is 0 Å². The monoisotopic (exact) mass is 150 g/mol. The molecule has 0 spiro atoms. The molecule has 2 N–H and O–H groups in total. The zero-order valence-corrected chi connectivity index (χ0v) is 6.74. The Morgan fingerprint density at radius 1 is 1.33 bits per heavy atom. The summed E-state index contributed by atoms with van der Waals surface area (Å²) < 4.78 is -0.0945. The zero-order chi connectivity index (χ0) is 7.33. The van der Waals surface area contributed by atoms with Crippen LogP contribution in [0.1, 0.15) is 13.8 Å². The lowest BCUT2D eigenvalue weighted by molar-refractivity contribution is 0.264. The van der Waals surface area contributed by atoms with Crippen molar-refractivity contribution >= 4 is 11.8 Å². The summed E-state index contributed by atoms with van der Waals surface area (Å²) >= 11 is 1.58. The molecule has 0 amide bonds. The summed E-state index contributed by atoms with van der Waals surface area (Å²) in [4.78, 5) is 0. The Bertz CT molecular complexity index is 73.5. The average molecular weight is 150 g/mol. The molecule has 0 unspecified atom stereocenters. The van der Waals surface area contributed by atoms with Crippen molar-refractivity contribution in [1.82, 2.24) is 0 Å². The van der Waals surface area contributed by atoms with Crippen LogP contribution in [0.5, 0.6) is 0 Å². The third kappa shape index (κ3) is 4.75. The molecule has 3 heteroatoms. The molecule has 0 aromatic carbocycles. The van der Waals surface area contributed by atoms with Gasteiger partial charge in [-0.15, -0.1) is 0 Å². The third-order valence-electron chi connectivity index (χ3n) is 0.965. The predicted octanol–water partition coefficient (Wildman–Crippen LogP) is 0.483. The van der Waals surface area contributed by atoms with Crippen LogP contribution in [0.15, 0.2) is 0 Å². The largest absolute Gasteiger partial charge is 0.396 e. The SMILES string of the molecule is CC(C)(CO)SCCO. The minimum atomic E-state index is -0.0945. The van der Waals surface area contributed by atoms with Crippen molar-refractivity contribution in [3.63, 3.8) is 0 Å². The van der Waals surface area contributed by atoms with Crippen LogP contribution in [0.25, 0.3) is 0 Å². The Morgan fingerprint density at radius 3 is 2.22 bits per heavy atom. The van der Waals surface area contributed by atoms with Crippen molar-refractivity contribution in [3.05, 3.63) is 0 Å². The van der Waals surface area contributed by atoms with Crippen molar-refractivity contribution in [3.8, 4) is 0 Å². The average Bonchev–Trinajstić information content (AvgIpc) is 1.84. The third-order valence-corrected chi connectivity index (χ3v) is 2.26. The van der Waals surface area contributed by atoms with Crippen LogP contribution < -0.4 is 0 Å². The molecular weight excluding hydrogens is 136 g/mol. The van der Waals surface area contributed by atoms with E-state index < -0.39 is 0 Å². The molecule has 56 valence electrons. The molecule has 0 aromatic heterocycles. The summed E-state index contributed by atoms with van der Waals surface area (Å²) in [6.07, 6.45) is 0. The van der Waals surface area contributed by atoms with E-state index in [1.807, 2.05) is 13.8 Å². The highest BCUT2D eigenvalue weighted by Gasteiger charge is 2.15. The first-order valence-electron chi connectivity index (χ1n) is 2.98. The number of thioether (sulfide) groups is 1. The number of aliphatic hydroxyl groups is 2. The maximum Gasteiger partial charge on any atom is 0.0572 e. The Labute approximate surface area is 60.3 Å². The van der Waals surface area contributed by atoms with Crippen LogP contribution in [0.2, 0.25) is 0 Å². The van der Waals surface area contributed by atoms with Crippen LogP contribution in [0.3, 0.4) is 0 Å². The normalized spacial score (nSPS) is 12.0. The molecule has 0 saturated heterocycles. The fourth-order valence-corrected chi connectivity index (χ4v) is 1.10. The Hall–Kier alpha value is 0.270. The molecule has 0 saturated carbocycles. The molecule has 0 heterocycles. The number of rotatable bonds is 4. The molecule has 0 aliphatic heterocycles. The molecule has 0 atom stereocenters. The lowest BCUT2D eigenvalue weighted by Gasteiger charge is -2.19. The molecule has 2 nitrogen and oxygen atoms in total. The van der Waals surface area contributed by atoms with E-state index in [9.17, 15) is 0 Å². The van der Waals surface area contributed by atoms with Gasteiger partial charge in [0.05, 0.1) is 13.2 Å². The molecule has 0 rings (SSSR count). The van der Waals surface area contributed by atoms with Gasteiger partial charge in [-0.2, -0.15) is 11.8 Å². The molecule has 0 radical (unpaired) electrons. The van der Waals surface area contributed by atoms with E-state index >= 15 is 0 Å². The van der Waals surface area contributed by atoms with Gasteiger partial charge in [0.2, 0.25) is 0 Å². The minimum Gasteiger partial charge on any atom is -0.396 e. The lowest BCUT2D eigenvalue weighted by atomic mass is 10.2. The highest BCUT2D eigenvalue weighted by Crippen LogP contribution is 2.22. The maximum absolute atomic E-state index is 8.72. The number of aliphatic hydroxyl groups excluding tert-OH is 2. The van der Waals surface area contributed by atoms with Crippen molar-refractivity contribution < 1.29 is 10.2 Å². The van der Waals surface area contributed by atoms with Gasteiger partial charge in [0.25, 0.3) is 0 Å². The van der Waals surface area contributed by atoms with E-state index in [4.69, 9.17) is 10.2 Å². The molecule has 0 aliphatic rings. The van der Waals surface area contributed by atoms with Crippen LogP contribution in [-0.4, -0.2) is 33.9 Å². The minimum absolute atomic E-state index is 0.0945. The van der Waals surface area contributed by atoms with Crippen LogP contribution in [-0.2, 0) is 0 Å². The van der Waals surface area contributed by atoms with Crippen LogP contribution >= 0.6 is 11.8 Å². The first-order valence-corrected chi connectivity index (χ1v) is 3.96. The predicted molar refractivity (Wildman–Crippen MR) is 40.7 cm³/mol. The Kier molecular flexibility index (Phi) is 4.27. The fourth-order valence-electron chi connectivity index (χ4n) is 0.368. The highest BCUT2D eigenvalue weighted by atomic mass is 32.2. The van der Waals surface area contributed by atoms with Gasteiger partial charge < -0.3 is 10.2 Å². The first-order chi connectivity index (χ1) is 4.12. The van der Waals surface area contributed by atoms with Gasteiger partial charge in [0.1, 0.15) is 0 Å². The van der Waals surface area contributed by atoms with Gasteiger partial charge in [0.15, 0.2) is 0 Å². The van der Waals surface area contributed by atoms with E-state index in [2.05, 4.69) is 0 Å². The van der Waals surface area contributed by atoms with Crippen molar-refractivity contribution in [2.45, 2.75) is 18.6 Å². The van der Waals surface area contributed by atoms with Crippen molar-refractivity contribution in [2.24, 2.45) is 0 Å². The molecule has 9 heavy (non-hydrogen) atoms. The summed E-state index contributed by atoms with van der Waals surface area (Å²) in [7, 11) is 0. The van der Waals surface area contributed by atoms with Gasteiger partial charge in [-0.3, -0.25) is 0 Å². The van der Waals surface area contributed by atoms with Gasteiger partial charge in [0, 0.05) is 10.5 Å². The second-order valence-electron chi connectivity index (χ2n) is 2.49. The summed E-state index contributed by atoms with van der Waals surface area (Å²) in [6.45, 7) is 4.26. The van der Waals surface area contributed by atoms with Gasteiger partial charge in [-0.1, -0.05) is 0 Å². The zero-order valence-electron chi connectivity index (χ0n) is 5.92. The molecule has 0 aliphatic carbocycles. The lowest BCUT2D eigenvalue weighted by Crippen LogP contribution is -2.21. The summed E-state index contributed by atoms with van der Waals surface area (Å²) in [5, 5.41) is 17.1.